The Morgan fingerprint density at radius 3 is 1.20 bits per heavy atom. The lowest BCUT2D eigenvalue weighted by molar-refractivity contribution is 0.0995. The van der Waals surface area contributed by atoms with Crippen LogP contribution in [0.5, 0.6) is 0 Å². The monoisotopic (exact) mass is 1900 g/mol. The molecule has 0 saturated heterocycles. The molecule has 0 spiro atoms. The number of hydrogen-bond donors (Lipinski definition) is 4. The molecule has 131 heavy (non-hydrogen) atoms. The maximum atomic E-state index is 13.5. The quantitative estimate of drug-likeness (QED) is 0.0459. The number of imidazole rings is 4. The molecule has 20 rings (SSSR count). The normalized spacial score (nSPS) is 10.6. The molecule has 0 aliphatic carbocycles. The highest BCUT2D eigenvalue weighted by Crippen LogP contribution is 2.28. The first kappa shape index (κ1) is 93.0. The molecule has 21 nitrogen and oxygen atoms in total. The van der Waals surface area contributed by atoms with E-state index in [4.69, 9.17) is 78.0 Å². The highest BCUT2D eigenvalue weighted by molar-refractivity contribution is 9.08. The number of nitrogen functional groups attached to an aromatic ring is 2. The van der Waals surface area contributed by atoms with Gasteiger partial charge in [0.25, 0.3) is 11.1 Å². The van der Waals surface area contributed by atoms with Crippen LogP contribution in [0.25, 0.3) is 96.2 Å². The van der Waals surface area contributed by atoms with Gasteiger partial charge in [-0.2, -0.15) is 4.99 Å². The SMILES string of the molecule is BrCc1cccc2cccnc12.C.Nc1nc2ccccc2[nH]1.O=C(Cl)c1cccc(Cl)c1.[C-]#[N+]c1ccc(CBr)cc1.[C-]#[N+]c1ccc(Cn2c(=N)n(Cc3cccc4cccnc34)c3ccccc32)cc1.[C-]#[N+]c1ccc(Cn2c(=NC(=O)c3cccc(Cl)c3)n(Cc3cccc4cccnc34)c3ccccc32)cc1.[C-]#[N+]c1ccc(Cn2c(N)nc3ccccc32)cc1. The van der Waals surface area contributed by atoms with E-state index in [0.29, 0.717) is 99.8 Å². The van der Waals surface area contributed by atoms with Crippen LogP contribution in [-0.2, 0) is 43.4 Å². The van der Waals surface area contributed by atoms with Gasteiger partial charge < -0.3 is 39.3 Å². The lowest BCUT2D eigenvalue weighted by Crippen LogP contribution is -2.28. The number of aromatic nitrogens is 11. The molecule has 0 atom stereocenters. The van der Waals surface area contributed by atoms with Crippen LogP contribution in [0, 0.1) is 31.7 Å². The third kappa shape index (κ3) is 23.6. The molecule has 0 radical (unpaired) electrons. The summed E-state index contributed by atoms with van der Waals surface area (Å²) < 4.78 is 10.1. The summed E-state index contributed by atoms with van der Waals surface area (Å²) in [6.07, 6.45) is 5.43. The summed E-state index contributed by atoms with van der Waals surface area (Å²) in [5.74, 6) is 0.603. The highest BCUT2D eigenvalue weighted by atomic mass is 79.9. The number of aromatic amines is 1. The number of H-pyrrole nitrogens is 1. The van der Waals surface area contributed by atoms with Crippen molar-refractivity contribution in [3.8, 4) is 0 Å². The van der Waals surface area contributed by atoms with Crippen molar-refractivity contribution in [3.05, 3.63) is 469 Å². The number of hydrogen-bond acceptors (Lipinski definition) is 10. The van der Waals surface area contributed by atoms with Crippen molar-refractivity contribution in [3.63, 3.8) is 0 Å². The van der Waals surface area contributed by atoms with Crippen LogP contribution in [0.4, 0.5) is 34.6 Å². The summed E-state index contributed by atoms with van der Waals surface area (Å²) >= 11 is 23.7. The van der Waals surface area contributed by atoms with Gasteiger partial charge in [-0.3, -0.25) is 30.0 Å². The van der Waals surface area contributed by atoms with Crippen molar-refractivity contribution in [2.24, 2.45) is 4.99 Å². The van der Waals surface area contributed by atoms with Crippen LogP contribution in [0.1, 0.15) is 67.1 Å². The summed E-state index contributed by atoms with van der Waals surface area (Å²) in [6, 6.07) is 106. The van der Waals surface area contributed by atoms with E-state index < -0.39 is 5.24 Å². The van der Waals surface area contributed by atoms with Crippen LogP contribution in [-0.4, -0.2) is 63.9 Å². The third-order valence-electron chi connectivity index (χ3n) is 20.7. The molecule has 0 saturated carbocycles. The number of amides is 1. The van der Waals surface area contributed by atoms with E-state index in [2.05, 4.69) is 151 Å². The minimum absolute atomic E-state index is 0. The maximum Gasteiger partial charge on any atom is 0.280 e. The lowest BCUT2D eigenvalue weighted by Gasteiger charge is -2.09. The van der Waals surface area contributed by atoms with E-state index in [9.17, 15) is 9.59 Å². The molecule has 0 aliphatic heterocycles. The molecular formula is C105H82Br2Cl3N19O2. The zero-order valence-electron chi connectivity index (χ0n) is 69.5. The predicted molar refractivity (Wildman–Crippen MR) is 537 cm³/mol. The summed E-state index contributed by atoms with van der Waals surface area (Å²) in [7, 11) is 0. The number of anilines is 2. The van der Waals surface area contributed by atoms with Gasteiger partial charge in [-0.15, -0.1) is 0 Å². The van der Waals surface area contributed by atoms with Crippen LogP contribution in [0.3, 0.4) is 0 Å². The van der Waals surface area contributed by atoms with Gasteiger partial charge in [-0.1, -0.05) is 293 Å². The Hall–Kier alpha value is -15.7. The molecule has 0 aliphatic rings. The Morgan fingerprint density at radius 1 is 0.389 bits per heavy atom. The van der Waals surface area contributed by atoms with Gasteiger partial charge in [0.05, 0.1) is 120 Å². The molecular weight excluding hydrogens is 1830 g/mol. The number of alkyl halides is 2. The molecule has 20 aromatic rings. The number of carbonyl (C=O) groups excluding carboxylic acids is 2. The van der Waals surface area contributed by atoms with Gasteiger partial charge in [-0.05, 0) is 154 Å². The van der Waals surface area contributed by atoms with Crippen LogP contribution in [0.2, 0.25) is 10.0 Å². The number of rotatable bonds is 14. The van der Waals surface area contributed by atoms with Gasteiger partial charge in [0.15, 0.2) is 28.7 Å². The second-order valence-electron chi connectivity index (χ2n) is 29.2. The van der Waals surface area contributed by atoms with Gasteiger partial charge in [-0.25, -0.2) is 29.3 Å². The molecule has 0 bridgehead atoms. The second kappa shape index (κ2) is 45.1. The van der Waals surface area contributed by atoms with Crippen molar-refractivity contribution >= 4 is 189 Å². The van der Waals surface area contributed by atoms with Crippen molar-refractivity contribution in [1.82, 2.24) is 52.7 Å². The van der Waals surface area contributed by atoms with Crippen LogP contribution >= 0.6 is 66.7 Å². The van der Waals surface area contributed by atoms with E-state index in [1.165, 1.54) is 22.6 Å². The topological polar surface area (TPSA) is 245 Å². The number of carbonyl (C=O) groups is 2. The van der Waals surface area contributed by atoms with E-state index >= 15 is 0 Å². The molecule has 26 heteroatoms. The molecule has 0 fully saturated rings. The number of benzene rings is 13. The highest BCUT2D eigenvalue weighted by Gasteiger charge is 2.19. The fourth-order valence-electron chi connectivity index (χ4n) is 14.4. The number of halogens is 5. The minimum atomic E-state index is -0.484. The van der Waals surface area contributed by atoms with Gasteiger partial charge >= 0.3 is 0 Å². The summed E-state index contributed by atoms with van der Waals surface area (Å²) in [4.78, 5) is 67.1. The largest absolute Gasteiger partial charge is 0.369 e. The van der Waals surface area contributed by atoms with Crippen molar-refractivity contribution < 1.29 is 9.59 Å². The second-order valence-corrected chi connectivity index (χ2v) is 31.5. The van der Waals surface area contributed by atoms with E-state index in [1.54, 1.807) is 60.8 Å². The fraction of sp³-hybridized carbons (Fsp3) is 0.0762. The maximum absolute atomic E-state index is 13.5. The van der Waals surface area contributed by atoms with Gasteiger partial charge in [0.1, 0.15) is 0 Å². The first-order valence-corrected chi connectivity index (χ1v) is 43.9. The van der Waals surface area contributed by atoms with E-state index in [1.807, 2.05) is 243 Å². The predicted octanol–water partition coefficient (Wildman–Crippen LogP) is 26.1. The van der Waals surface area contributed by atoms with E-state index in [-0.39, 0.29) is 13.3 Å². The first-order valence-electron chi connectivity index (χ1n) is 40.5. The number of nitrogens with one attached hydrogen (secondary N) is 2. The Balaban J connectivity index is 0.000000140. The fourth-order valence-corrected chi connectivity index (χ4v) is 15.7. The smallest absolute Gasteiger partial charge is 0.280 e. The molecule has 7 aromatic heterocycles. The molecule has 644 valence electrons. The average Bonchev–Trinajstić information content (AvgIpc) is 1.61. The molecule has 13 aromatic carbocycles. The molecule has 0 unspecified atom stereocenters. The summed E-state index contributed by atoms with van der Waals surface area (Å²) in [5, 5.41) is 14.5. The lowest BCUT2D eigenvalue weighted by atomic mass is 10.1. The van der Waals surface area contributed by atoms with Crippen molar-refractivity contribution in [2.75, 3.05) is 11.5 Å². The third-order valence-corrected chi connectivity index (χ3v) is 22.7. The van der Waals surface area contributed by atoms with Gasteiger partial charge in [0, 0.05) is 66.6 Å². The number of nitrogens with two attached hydrogens (primary N) is 2. The number of para-hydroxylation sites is 11. The average molecular weight is 1910 g/mol. The zero-order valence-corrected chi connectivity index (χ0v) is 74.9. The van der Waals surface area contributed by atoms with Gasteiger partial charge in [0.2, 0.25) is 17.2 Å². The van der Waals surface area contributed by atoms with E-state index in [0.717, 1.165) is 110 Å². The first-order chi connectivity index (χ1) is 63.5. The molecule has 7 heterocycles. The Labute approximate surface area is 787 Å². The summed E-state index contributed by atoms with van der Waals surface area (Å²) in [5.41, 5.74) is 34.2. The molecule has 1 amide bonds. The number of nitrogens with zero attached hydrogens (tertiary/aromatic N) is 15. The standard InChI is InChI=1S/C32H22ClN5O.C25H19N5.C15H12N4.C10H8BrN.C8H6BrN.C7H4Cl2O.C7H7N3.CH4/c1-34-27-16-14-22(15-17-27)20-37-28-12-2-3-13-29(28)38(21-25-9-4-7-23-10-6-18-35-30(23)25)32(37)36-31(39)24-8-5-11-26(33)19-24;1-27-21-13-11-18(12-14-21)16-29-22-9-2-3-10-23(22)30(25(29)26)17-20-7-4-6-19-8-5-15-28-24(19)20;1-17-12-8-6-11(7-9-12)10-19-14-5-3-2-4-13(14)18-15(19)16;11-7-9-4-1-3-8-5-2-6-12-10(8)9;1-10-8-4-2-7(6-9)3-5-8;8-6-3-1-2-5(4-6)7(9)10;8-7-9-5-3-1-2-4-6(5)10-7;/h2-19H,20-21H2;2-15,26H,16-17H2;2-9H,10H2,(H2,16,18);1-6H,7H2;2-5H,6H2;1-4H;1-4H,(H3,8,9,10);1H4. The van der Waals surface area contributed by atoms with Crippen LogP contribution in [0.15, 0.2) is 357 Å². The Bertz CT molecular complexity index is 7720. The van der Waals surface area contributed by atoms with Crippen molar-refractivity contribution in [1.29, 1.82) is 5.41 Å². The number of fused-ring (bicyclic) bond motifs is 7. The van der Waals surface area contributed by atoms with Crippen LogP contribution < -0.4 is 22.7 Å². The zero-order chi connectivity index (χ0) is 90.8. The Kier molecular flexibility index (Phi) is 32.0. The van der Waals surface area contributed by atoms with Crippen molar-refractivity contribution in [2.45, 2.75) is 50.8 Å². The Morgan fingerprint density at radius 2 is 0.756 bits per heavy atom. The minimum Gasteiger partial charge on any atom is -0.369 e. The number of pyridine rings is 3. The molecule has 6 N–H and O–H groups in total. The summed E-state index contributed by atoms with van der Waals surface area (Å²) in [6.45, 7) is 30.8.